The van der Waals surface area contributed by atoms with E-state index in [0.717, 1.165) is 45.5 Å². The topological polar surface area (TPSA) is 68.0 Å². The average molecular weight is 423 g/mol. The first kappa shape index (κ1) is 19.8. The average Bonchev–Trinajstić information content (AvgIpc) is 3.29. The van der Waals surface area contributed by atoms with Gasteiger partial charge in [-0.3, -0.25) is 15.1 Å². The molecule has 1 atom stereocenters. The van der Waals surface area contributed by atoms with Crippen molar-refractivity contribution >= 4 is 27.9 Å². The number of rotatable bonds is 5. The Morgan fingerprint density at radius 1 is 0.969 bits per heavy atom. The van der Waals surface area contributed by atoms with Gasteiger partial charge in [-0.25, -0.2) is 0 Å². The fraction of sp³-hybridized carbons (Fsp3) is 0.115. The second-order valence-electron chi connectivity index (χ2n) is 7.69. The Hall–Kier alpha value is -4.19. The van der Waals surface area contributed by atoms with E-state index >= 15 is 0 Å². The number of fused-ring (bicyclic) bond motifs is 1. The fourth-order valence-electron chi connectivity index (χ4n) is 4.23. The van der Waals surface area contributed by atoms with Gasteiger partial charge in [-0.05, 0) is 46.2 Å². The molecule has 1 unspecified atom stereocenters. The lowest BCUT2D eigenvalue weighted by Gasteiger charge is -2.25. The molecule has 1 heterocycles. The van der Waals surface area contributed by atoms with Gasteiger partial charge in [0.15, 0.2) is 0 Å². The van der Waals surface area contributed by atoms with E-state index in [9.17, 15) is 10.1 Å². The van der Waals surface area contributed by atoms with E-state index in [1.807, 2.05) is 41.4 Å². The summed E-state index contributed by atoms with van der Waals surface area (Å²) in [6.07, 6.45) is 0.728. The van der Waals surface area contributed by atoms with Crippen LogP contribution in [0.2, 0.25) is 0 Å². The third-order valence-corrected chi connectivity index (χ3v) is 5.82. The van der Waals surface area contributed by atoms with Crippen LogP contribution in [0.25, 0.3) is 10.8 Å². The van der Waals surface area contributed by atoms with Crippen LogP contribution < -0.4 is 9.75 Å². The van der Waals surface area contributed by atoms with Crippen molar-refractivity contribution < 1.29 is 9.66 Å². The standard InChI is InChI=1S/C26H21N3O3/c1-32-22-14-15-23-19(16-22)8-5-9-24(23)26-17-25(18-6-3-2-4-7-18)27-28(26)20-10-12-21(13-11-20)29(30)31/h2-16,26H,17H2,1H3. The van der Waals surface area contributed by atoms with Crippen LogP contribution in [0.5, 0.6) is 5.75 Å². The summed E-state index contributed by atoms with van der Waals surface area (Å²) >= 11 is 0. The van der Waals surface area contributed by atoms with Crippen LogP contribution in [0.1, 0.15) is 23.6 Å². The first-order chi connectivity index (χ1) is 15.6. The summed E-state index contributed by atoms with van der Waals surface area (Å²) in [6, 6.07) is 29.0. The molecule has 0 saturated heterocycles. The molecule has 0 amide bonds. The number of nitro groups is 1. The van der Waals surface area contributed by atoms with E-state index in [0.29, 0.717) is 0 Å². The maximum atomic E-state index is 11.1. The summed E-state index contributed by atoms with van der Waals surface area (Å²) in [6.45, 7) is 0. The van der Waals surface area contributed by atoms with Gasteiger partial charge in [-0.1, -0.05) is 54.6 Å². The van der Waals surface area contributed by atoms with Crippen LogP contribution in [0.3, 0.4) is 0 Å². The van der Waals surface area contributed by atoms with Gasteiger partial charge in [0, 0.05) is 18.6 Å². The first-order valence-electron chi connectivity index (χ1n) is 10.4. The molecular weight excluding hydrogens is 402 g/mol. The first-order valence-corrected chi connectivity index (χ1v) is 10.4. The van der Waals surface area contributed by atoms with E-state index in [4.69, 9.17) is 9.84 Å². The molecule has 0 saturated carbocycles. The predicted octanol–water partition coefficient (Wildman–Crippen LogP) is 6.11. The number of non-ortho nitro benzene ring substituents is 1. The zero-order chi connectivity index (χ0) is 22.1. The Labute approximate surface area is 185 Å². The van der Waals surface area contributed by atoms with Crippen LogP contribution in [0, 0.1) is 10.1 Å². The van der Waals surface area contributed by atoms with Crippen LogP contribution in [-0.2, 0) is 0 Å². The monoisotopic (exact) mass is 423 g/mol. The maximum Gasteiger partial charge on any atom is 0.269 e. The molecule has 1 aliphatic heterocycles. The third-order valence-electron chi connectivity index (χ3n) is 5.82. The molecule has 0 aliphatic carbocycles. The van der Waals surface area contributed by atoms with E-state index in [2.05, 4.69) is 30.3 Å². The number of ether oxygens (including phenoxy) is 1. The summed E-state index contributed by atoms with van der Waals surface area (Å²) in [5, 5.41) is 20.3. The van der Waals surface area contributed by atoms with Crippen molar-refractivity contribution in [3.8, 4) is 5.75 Å². The van der Waals surface area contributed by atoms with Gasteiger partial charge >= 0.3 is 0 Å². The minimum absolute atomic E-state index is 0.0382. The molecule has 0 spiro atoms. The van der Waals surface area contributed by atoms with E-state index in [-0.39, 0.29) is 16.7 Å². The number of methoxy groups -OCH3 is 1. The smallest absolute Gasteiger partial charge is 0.269 e. The molecule has 6 nitrogen and oxygen atoms in total. The molecule has 0 aromatic heterocycles. The Bertz CT molecular complexity index is 1320. The summed E-state index contributed by atoms with van der Waals surface area (Å²) in [7, 11) is 1.66. The number of hydrogen-bond donors (Lipinski definition) is 0. The van der Waals surface area contributed by atoms with Crippen molar-refractivity contribution in [1.29, 1.82) is 0 Å². The minimum Gasteiger partial charge on any atom is -0.497 e. The molecule has 0 bridgehead atoms. The molecule has 4 aromatic rings. The van der Waals surface area contributed by atoms with Gasteiger partial charge < -0.3 is 4.74 Å². The lowest BCUT2D eigenvalue weighted by Crippen LogP contribution is -2.18. The van der Waals surface area contributed by atoms with Gasteiger partial charge in [0.25, 0.3) is 5.69 Å². The van der Waals surface area contributed by atoms with Crippen LogP contribution in [0.15, 0.2) is 96.1 Å². The van der Waals surface area contributed by atoms with Crippen molar-refractivity contribution in [2.45, 2.75) is 12.5 Å². The van der Waals surface area contributed by atoms with Gasteiger partial charge in [0.05, 0.1) is 29.5 Å². The Morgan fingerprint density at radius 3 is 2.47 bits per heavy atom. The highest BCUT2D eigenvalue weighted by Crippen LogP contribution is 2.40. The molecular formula is C26H21N3O3. The summed E-state index contributed by atoms with van der Waals surface area (Å²) in [5.74, 6) is 0.814. The number of nitrogens with zero attached hydrogens (tertiary/aromatic N) is 3. The highest BCUT2D eigenvalue weighted by atomic mass is 16.6. The molecule has 0 radical (unpaired) electrons. The number of hydrogen-bond acceptors (Lipinski definition) is 5. The van der Waals surface area contributed by atoms with Crippen molar-refractivity contribution in [3.05, 3.63) is 112 Å². The molecule has 5 rings (SSSR count). The van der Waals surface area contributed by atoms with Crippen LogP contribution in [0.4, 0.5) is 11.4 Å². The summed E-state index contributed by atoms with van der Waals surface area (Å²) < 4.78 is 5.40. The zero-order valence-corrected chi connectivity index (χ0v) is 17.5. The summed E-state index contributed by atoms with van der Waals surface area (Å²) in [4.78, 5) is 10.7. The second-order valence-corrected chi connectivity index (χ2v) is 7.69. The lowest BCUT2D eigenvalue weighted by molar-refractivity contribution is -0.384. The number of benzene rings is 4. The van der Waals surface area contributed by atoms with E-state index in [1.165, 1.54) is 12.1 Å². The Morgan fingerprint density at radius 2 is 1.75 bits per heavy atom. The lowest BCUT2D eigenvalue weighted by atomic mass is 9.93. The van der Waals surface area contributed by atoms with Crippen molar-refractivity contribution in [2.75, 3.05) is 12.1 Å². The Balaban J connectivity index is 1.61. The van der Waals surface area contributed by atoms with E-state index in [1.54, 1.807) is 19.2 Å². The molecule has 1 aliphatic rings. The Kier molecular flexibility index (Phi) is 5.03. The van der Waals surface area contributed by atoms with Crippen molar-refractivity contribution in [1.82, 2.24) is 0 Å². The highest BCUT2D eigenvalue weighted by Gasteiger charge is 2.31. The quantitative estimate of drug-likeness (QED) is 0.287. The van der Waals surface area contributed by atoms with Crippen LogP contribution >= 0.6 is 0 Å². The summed E-state index contributed by atoms with van der Waals surface area (Å²) in [5.41, 5.74) is 4.09. The van der Waals surface area contributed by atoms with Gasteiger partial charge in [0.2, 0.25) is 0 Å². The molecule has 6 heteroatoms. The van der Waals surface area contributed by atoms with Crippen molar-refractivity contribution in [2.24, 2.45) is 5.10 Å². The number of hydrazone groups is 1. The molecule has 32 heavy (non-hydrogen) atoms. The predicted molar refractivity (Wildman–Crippen MR) is 126 cm³/mol. The molecule has 4 aromatic carbocycles. The molecule has 0 fully saturated rings. The van der Waals surface area contributed by atoms with Crippen molar-refractivity contribution in [3.63, 3.8) is 0 Å². The van der Waals surface area contributed by atoms with Crippen LogP contribution in [-0.4, -0.2) is 17.7 Å². The fourth-order valence-corrected chi connectivity index (χ4v) is 4.23. The van der Waals surface area contributed by atoms with Gasteiger partial charge in [-0.2, -0.15) is 5.10 Å². The largest absolute Gasteiger partial charge is 0.497 e. The minimum atomic E-state index is -0.387. The maximum absolute atomic E-state index is 11.1. The second kappa shape index (κ2) is 8.15. The zero-order valence-electron chi connectivity index (χ0n) is 17.5. The molecule has 158 valence electrons. The third kappa shape index (κ3) is 3.56. The highest BCUT2D eigenvalue weighted by molar-refractivity contribution is 6.04. The number of nitro benzene ring substituents is 1. The number of anilines is 1. The SMILES string of the molecule is COc1ccc2c(C3CC(c4ccccc4)=NN3c3ccc([N+](=O)[O-])cc3)cccc2c1. The van der Waals surface area contributed by atoms with Gasteiger partial charge in [0.1, 0.15) is 5.75 Å². The normalized spacial score (nSPS) is 15.6. The molecule has 0 N–H and O–H groups in total. The van der Waals surface area contributed by atoms with Gasteiger partial charge in [-0.15, -0.1) is 0 Å². The van der Waals surface area contributed by atoms with E-state index < -0.39 is 0 Å².